The normalized spacial score (nSPS) is 27.4. The van der Waals surface area contributed by atoms with Gasteiger partial charge >= 0.3 is 5.97 Å². The number of carbonyl (C=O) groups excluding carboxylic acids is 1. The van der Waals surface area contributed by atoms with Gasteiger partial charge in [0.05, 0.1) is 6.61 Å². The summed E-state index contributed by atoms with van der Waals surface area (Å²) in [5.74, 6) is 0.510. The van der Waals surface area contributed by atoms with Crippen LogP contribution in [0, 0.1) is 5.92 Å². The van der Waals surface area contributed by atoms with E-state index in [0.717, 1.165) is 12.8 Å². The summed E-state index contributed by atoms with van der Waals surface area (Å²) in [4.78, 5) is 11.4. The average Bonchev–Trinajstić information content (AvgIpc) is 2.34. The minimum Gasteiger partial charge on any atom is -0.463 e. The van der Waals surface area contributed by atoms with Gasteiger partial charge in [0, 0.05) is 6.08 Å². The van der Waals surface area contributed by atoms with Crippen molar-refractivity contribution in [3.05, 3.63) is 12.2 Å². The molecule has 0 aromatic carbocycles. The van der Waals surface area contributed by atoms with Gasteiger partial charge in [-0.3, -0.25) is 0 Å². The lowest BCUT2D eigenvalue weighted by atomic mass is 9.98. The molecule has 1 heterocycles. The first kappa shape index (κ1) is 15.3. The van der Waals surface area contributed by atoms with Gasteiger partial charge in [-0.05, 0) is 18.8 Å². The minimum atomic E-state index is -0.172. The topological polar surface area (TPSA) is 26.3 Å². The first-order valence-electron chi connectivity index (χ1n) is 7.62. The van der Waals surface area contributed by atoms with Crippen LogP contribution in [0.15, 0.2) is 12.2 Å². The summed E-state index contributed by atoms with van der Waals surface area (Å²) < 4.78 is 5.15. The number of cyclic esters (lactones) is 1. The van der Waals surface area contributed by atoms with Gasteiger partial charge < -0.3 is 4.74 Å². The molecule has 0 bridgehead atoms. The predicted molar refractivity (Wildman–Crippen MR) is 75.4 cm³/mol. The Hall–Kier alpha value is -0.790. The highest BCUT2D eigenvalue weighted by Gasteiger charge is 2.02. The smallest absolute Gasteiger partial charge is 0.330 e. The summed E-state index contributed by atoms with van der Waals surface area (Å²) in [5, 5.41) is 0. The first-order valence-corrected chi connectivity index (χ1v) is 7.62. The molecule has 0 aliphatic carbocycles. The monoisotopic (exact) mass is 252 g/mol. The second-order valence-corrected chi connectivity index (χ2v) is 5.53. The van der Waals surface area contributed by atoms with E-state index in [9.17, 15) is 4.79 Å². The zero-order valence-corrected chi connectivity index (χ0v) is 11.8. The number of hydrogen-bond donors (Lipinski definition) is 0. The largest absolute Gasteiger partial charge is 0.463 e. The summed E-state index contributed by atoms with van der Waals surface area (Å²) in [6.07, 6.45) is 16.1. The van der Waals surface area contributed by atoms with Crippen molar-refractivity contribution in [2.24, 2.45) is 5.92 Å². The molecule has 0 aromatic rings. The quantitative estimate of drug-likeness (QED) is 0.587. The summed E-state index contributed by atoms with van der Waals surface area (Å²) in [6, 6.07) is 0. The van der Waals surface area contributed by atoms with Crippen LogP contribution >= 0.6 is 0 Å². The van der Waals surface area contributed by atoms with Gasteiger partial charge in [0.1, 0.15) is 0 Å². The maximum absolute atomic E-state index is 11.4. The molecule has 18 heavy (non-hydrogen) atoms. The van der Waals surface area contributed by atoms with Crippen LogP contribution < -0.4 is 0 Å². The van der Waals surface area contributed by atoms with E-state index >= 15 is 0 Å². The molecule has 104 valence electrons. The molecule has 0 radical (unpaired) electrons. The lowest BCUT2D eigenvalue weighted by Gasteiger charge is -2.09. The Morgan fingerprint density at radius 3 is 2.33 bits per heavy atom. The van der Waals surface area contributed by atoms with Gasteiger partial charge in [-0.25, -0.2) is 4.79 Å². The molecule has 1 unspecified atom stereocenters. The maximum Gasteiger partial charge on any atom is 0.330 e. The van der Waals surface area contributed by atoms with Crippen molar-refractivity contribution in [1.29, 1.82) is 0 Å². The number of hydrogen-bond acceptors (Lipinski definition) is 2. The van der Waals surface area contributed by atoms with Gasteiger partial charge in [0.15, 0.2) is 0 Å². The van der Waals surface area contributed by atoms with Gasteiger partial charge in [-0.1, -0.05) is 64.4 Å². The molecule has 1 aliphatic rings. The van der Waals surface area contributed by atoms with Crippen molar-refractivity contribution in [3.8, 4) is 0 Å². The molecule has 1 aliphatic heterocycles. The van der Waals surface area contributed by atoms with Crippen LogP contribution in [-0.2, 0) is 9.53 Å². The molecule has 0 N–H and O–H groups in total. The van der Waals surface area contributed by atoms with E-state index in [-0.39, 0.29) is 5.97 Å². The zero-order valence-electron chi connectivity index (χ0n) is 11.8. The molecule has 1 atom stereocenters. The molecule has 2 heteroatoms. The van der Waals surface area contributed by atoms with Crippen LogP contribution in [-0.4, -0.2) is 12.6 Å². The van der Waals surface area contributed by atoms with Crippen LogP contribution in [0.25, 0.3) is 0 Å². The predicted octanol–water partition coefficient (Wildman–Crippen LogP) is 4.64. The van der Waals surface area contributed by atoms with Gasteiger partial charge in [-0.15, -0.1) is 0 Å². The van der Waals surface area contributed by atoms with Crippen LogP contribution in [0.3, 0.4) is 0 Å². The average molecular weight is 252 g/mol. The molecule has 0 saturated carbocycles. The fourth-order valence-electron chi connectivity index (χ4n) is 2.39. The third kappa shape index (κ3) is 8.32. The number of rotatable bonds is 0. The maximum atomic E-state index is 11.4. The Balaban J connectivity index is 2.29. The Morgan fingerprint density at radius 1 is 1.00 bits per heavy atom. The number of ether oxygens (including phenoxy) is 1. The number of esters is 1. The summed E-state index contributed by atoms with van der Waals surface area (Å²) >= 11 is 0. The number of carbonyl (C=O) groups is 1. The van der Waals surface area contributed by atoms with Crippen molar-refractivity contribution >= 4 is 5.97 Å². The standard InChI is InChI=1S/C16H28O2/c1-15-11-8-6-4-2-3-5-7-9-14-18-16(17)13-10-12-15/h10,13,15H,2-9,11-12,14H2,1H3/b13-10-. The highest BCUT2D eigenvalue weighted by molar-refractivity contribution is 5.81. The third-order valence-corrected chi connectivity index (χ3v) is 3.63. The Kier molecular flexibility index (Phi) is 8.62. The Morgan fingerprint density at radius 2 is 1.61 bits per heavy atom. The van der Waals surface area contributed by atoms with Gasteiger partial charge in [0.25, 0.3) is 0 Å². The fraction of sp³-hybridized carbons (Fsp3) is 0.812. The van der Waals surface area contributed by atoms with Gasteiger partial charge in [-0.2, -0.15) is 0 Å². The van der Waals surface area contributed by atoms with E-state index in [0.29, 0.717) is 12.5 Å². The van der Waals surface area contributed by atoms with E-state index in [4.69, 9.17) is 4.74 Å². The molecule has 2 nitrogen and oxygen atoms in total. The Labute approximate surface area is 112 Å². The van der Waals surface area contributed by atoms with Crippen LogP contribution in [0.1, 0.15) is 71.1 Å². The van der Waals surface area contributed by atoms with E-state index in [1.54, 1.807) is 6.08 Å². The van der Waals surface area contributed by atoms with Crippen molar-refractivity contribution in [3.63, 3.8) is 0 Å². The SMILES string of the molecule is CC1C/C=C\C(=O)OCCCCCCCCCC1. The fourth-order valence-corrected chi connectivity index (χ4v) is 2.39. The van der Waals surface area contributed by atoms with Crippen LogP contribution in [0.4, 0.5) is 0 Å². The van der Waals surface area contributed by atoms with E-state index in [1.165, 1.54) is 51.4 Å². The highest BCUT2D eigenvalue weighted by Crippen LogP contribution is 2.16. The summed E-state index contributed by atoms with van der Waals surface area (Å²) in [6.45, 7) is 2.84. The molecule has 0 fully saturated rings. The van der Waals surface area contributed by atoms with Crippen LogP contribution in [0.2, 0.25) is 0 Å². The molecule has 1 rings (SSSR count). The highest BCUT2D eigenvalue weighted by atomic mass is 16.5. The zero-order chi connectivity index (χ0) is 13.1. The lowest BCUT2D eigenvalue weighted by Crippen LogP contribution is -2.03. The Bertz CT molecular complexity index is 245. The van der Waals surface area contributed by atoms with Crippen molar-refractivity contribution in [1.82, 2.24) is 0 Å². The van der Waals surface area contributed by atoms with E-state index in [1.807, 2.05) is 6.08 Å². The molecule has 0 aromatic heterocycles. The lowest BCUT2D eigenvalue weighted by molar-refractivity contribution is -0.137. The molecule has 0 spiro atoms. The minimum absolute atomic E-state index is 0.172. The molecular weight excluding hydrogens is 224 g/mol. The van der Waals surface area contributed by atoms with Crippen molar-refractivity contribution in [2.75, 3.05) is 6.61 Å². The first-order chi connectivity index (χ1) is 8.79. The second kappa shape index (κ2) is 10.2. The van der Waals surface area contributed by atoms with E-state index < -0.39 is 0 Å². The van der Waals surface area contributed by atoms with E-state index in [2.05, 4.69) is 6.92 Å². The van der Waals surface area contributed by atoms with Crippen molar-refractivity contribution < 1.29 is 9.53 Å². The van der Waals surface area contributed by atoms with Gasteiger partial charge in [0.2, 0.25) is 0 Å². The number of allylic oxidation sites excluding steroid dienone is 1. The van der Waals surface area contributed by atoms with Crippen molar-refractivity contribution in [2.45, 2.75) is 71.1 Å². The molecular formula is C16H28O2. The molecule has 0 amide bonds. The third-order valence-electron chi connectivity index (χ3n) is 3.63. The summed E-state index contributed by atoms with van der Waals surface area (Å²) in [5.41, 5.74) is 0. The van der Waals surface area contributed by atoms with Crippen LogP contribution in [0.5, 0.6) is 0 Å². The summed E-state index contributed by atoms with van der Waals surface area (Å²) in [7, 11) is 0. The molecule has 0 saturated heterocycles. The second-order valence-electron chi connectivity index (χ2n) is 5.53.